The highest BCUT2D eigenvalue weighted by molar-refractivity contribution is 6.01. The van der Waals surface area contributed by atoms with Crippen LogP contribution in [0.1, 0.15) is 48.8 Å². The van der Waals surface area contributed by atoms with Crippen LogP contribution >= 0.6 is 0 Å². The number of carbonyl (C=O) groups excluding carboxylic acids is 3. The van der Waals surface area contributed by atoms with Gasteiger partial charge in [0.1, 0.15) is 12.0 Å². The first-order valence-corrected chi connectivity index (χ1v) is 11.7. The van der Waals surface area contributed by atoms with E-state index in [0.717, 1.165) is 43.2 Å². The third-order valence-corrected chi connectivity index (χ3v) is 6.34. The van der Waals surface area contributed by atoms with Gasteiger partial charge in [0.25, 0.3) is 0 Å². The molecule has 2 aromatic rings. The van der Waals surface area contributed by atoms with Crippen molar-refractivity contribution in [3.63, 3.8) is 0 Å². The van der Waals surface area contributed by atoms with Crippen LogP contribution in [0.2, 0.25) is 0 Å². The Kier molecular flexibility index (Phi) is 9.21. The van der Waals surface area contributed by atoms with E-state index < -0.39 is 29.7 Å². The highest BCUT2D eigenvalue weighted by Gasteiger charge is 2.35. The molecule has 2 N–H and O–H groups in total. The van der Waals surface area contributed by atoms with Crippen LogP contribution in [0, 0.1) is 23.2 Å². The largest absolute Gasteiger partial charge is 0.467 e. The Balaban J connectivity index is 1.77. The molecule has 0 aliphatic heterocycles. The molecular formula is C27H31N3O4. The van der Waals surface area contributed by atoms with Gasteiger partial charge in [0, 0.05) is 6.54 Å². The standard InChI is InChI=1S/C27H31N3O4/c1-34-27(33)24(22-10-6-3-7-11-22)30-26(32)23(16-19-12-14-20(17-28)15-13-19)25(31)29-18-21-8-4-2-5-9-21/h2,4-5,8-9,12-15,22-24H,3,6-7,10-11,16,18H2,1H3,(H,29,31)(H,30,32)/t23?,24-/m0/s1. The Morgan fingerprint density at radius 1 is 0.971 bits per heavy atom. The lowest BCUT2D eigenvalue weighted by molar-refractivity contribution is -0.148. The van der Waals surface area contributed by atoms with E-state index in [1.54, 1.807) is 24.3 Å². The van der Waals surface area contributed by atoms with Gasteiger partial charge in [-0.1, -0.05) is 61.7 Å². The predicted molar refractivity (Wildman–Crippen MR) is 127 cm³/mol. The zero-order chi connectivity index (χ0) is 24.3. The lowest BCUT2D eigenvalue weighted by atomic mass is 9.83. The SMILES string of the molecule is COC(=O)[C@@H](NC(=O)C(Cc1ccc(C#N)cc1)C(=O)NCc1ccccc1)C1CCCCC1. The van der Waals surface area contributed by atoms with Gasteiger partial charge in [-0.05, 0) is 48.4 Å². The van der Waals surface area contributed by atoms with Gasteiger partial charge in [0.05, 0.1) is 18.7 Å². The van der Waals surface area contributed by atoms with Crippen LogP contribution < -0.4 is 10.6 Å². The number of ether oxygens (including phenoxy) is 1. The average molecular weight is 462 g/mol. The molecule has 2 amide bonds. The smallest absolute Gasteiger partial charge is 0.328 e. The van der Waals surface area contributed by atoms with Crippen LogP contribution in [0.25, 0.3) is 0 Å². The van der Waals surface area contributed by atoms with Crippen LogP contribution in [0.15, 0.2) is 54.6 Å². The monoisotopic (exact) mass is 461 g/mol. The molecule has 34 heavy (non-hydrogen) atoms. The summed E-state index contributed by atoms with van der Waals surface area (Å²) in [6.07, 6.45) is 4.93. The van der Waals surface area contributed by atoms with Crippen molar-refractivity contribution in [2.75, 3.05) is 7.11 Å². The number of benzene rings is 2. The van der Waals surface area contributed by atoms with Crippen LogP contribution in [0.3, 0.4) is 0 Å². The van der Waals surface area contributed by atoms with Gasteiger partial charge < -0.3 is 15.4 Å². The molecule has 2 aromatic carbocycles. The average Bonchev–Trinajstić information content (AvgIpc) is 2.89. The molecule has 0 radical (unpaired) electrons. The molecule has 0 spiro atoms. The maximum Gasteiger partial charge on any atom is 0.328 e. The highest BCUT2D eigenvalue weighted by Crippen LogP contribution is 2.27. The van der Waals surface area contributed by atoms with Crippen molar-refractivity contribution in [1.82, 2.24) is 10.6 Å². The minimum absolute atomic E-state index is 0.00640. The van der Waals surface area contributed by atoms with Crippen molar-refractivity contribution in [3.05, 3.63) is 71.3 Å². The van der Waals surface area contributed by atoms with Crippen LogP contribution in [-0.2, 0) is 32.1 Å². The molecule has 1 unspecified atom stereocenters. The summed E-state index contributed by atoms with van der Waals surface area (Å²) in [5.74, 6) is -2.45. The maximum absolute atomic E-state index is 13.4. The van der Waals surface area contributed by atoms with Gasteiger partial charge >= 0.3 is 5.97 Å². The van der Waals surface area contributed by atoms with Gasteiger partial charge in [-0.25, -0.2) is 4.79 Å². The summed E-state index contributed by atoms with van der Waals surface area (Å²) >= 11 is 0. The summed E-state index contributed by atoms with van der Waals surface area (Å²) in [5, 5.41) is 14.7. The van der Waals surface area contributed by atoms with Gasteiger partial charge in [-0.2, -0.15) is 5.26 Å². The number of hydrogen-bond donors (Lipinski definition) is 2. The number of nitrogens with zero attached hydrogens (tertiary/aromatic N) is 1. The van der Waals surface area contributed by atoms with E-state index in [9.17, 15) is 14.4 Å². The number of hydrogen-bond acceptors (Lipinski definition) is 5. The predicted octanol–water partition coefficient (Wildman–Crippen LogP) is 3.27. The molecule has 0 saturated heterocycles. The second-order valence-corrected chi connectivity index (χ2v) is 8.68. The van der Waals surface area contributed by atoms with E-state index in [1.807, 2.05) is 30.3 Å². The molecule has 0 aromatic heterocycles. The molecule has 3 rings (SSSR count). The van der Waals surface area contributed by atoms with Gasteiger partial charge in [-0.15, -0.1) is 0 Å². The molecule has 7 nitrogen and oxygen atoms in total. The van der Waals surface area contributed by atoms with E-state index in [-0.39, 0.29) is 12.3 Å². The van der Waals surface area contributed by atoms with Crippen LogP contribution in [-0.4, -0.2) is 30.9 Å². The Morgan fingerprint density at radius 3 is 2.26 bits per heavy atom. The molecule has 1 aliphatic carbocycles. The number of carbonyl (C=O) groups is 3. The summed E-state index contributed by atoms with van der Waals surface area (Å²) in [7, 11) is 1.31. The first-order valence-electron chi connectivity index (χ1n) is 11.7. The number of nitrogens with one attached hydrogen (secondary N) is 2. The molecule has 1 fully saturated rings. The van der Waals surface area contributed by atoms with Crippen molar-refractivity contribution in [1.29, 1.82) is 5.26 Å². The van der Waals surface area contributed by atoms with Gasteiger partial charge in [0.2, 0.25) is 11.8 Å². The van der Waals surface area contributed by atoms with Gasteiger partial charge in [0.15, 0.2) is 0 Å². The topological polar surface area (TPSA) is 108 Å². The van der Waals surface area contributed by atoms with Crippen molar-refractivity contribution >= 4 is 17.8 Å². The summed E-state index contributed by atoms with van der Waals surface area (Å²) in [5.41, 5.74) is 2.17. The summed E-state index contributed by atoms with van der Waals surface area (Å²) in [4.78, 5) is 39.0. The number of amides is 2. The molecule has 7 heteroatoms. The number of esters is 1. The first kappa shape index (κ1) is 25.0. The molecule has 1 aliphatic rings. The zero-order valence-electron chi connectivity index (χ0n) is 19.5. The third kappa shape index (κ3) is 6.92. The summed E-state index contributed by atoms with van der Waals surface area (Å²) in [6, 6.07) is 17.5. The molecule has 1 saturated carbocycles. The minimum Gasteiger partial charge on any atom is -0.467 e. The van der Waals surface area contributed by atoms with Crippen molar-refractivity contribution in [2.24, 2.45) is 11.8 Å². The van der Waals surface area contributed by atoms with E-state index in [4.69, 9.17) is 10.00 Å². The second kappa shape index (κ2) is 12.5. The normalized spacial score (nSPS) is 15.4. The van der Waals surface area contributed by atoms with Crippen molar-refractivity contribution in [2.45, 2.75) is 51.1 Å². The Bertz CT molecular complexity index is 1010. The lowest BCUT2D eigenvalue weighted by Crippen LogP contribution is -2.51. The summed E-state index contributed by atoms with van der Waals surface area (Å²) in [6.45, 7) is 0.292. The van der Waals surface area contributed by atoms with E-state index in [2.05, 4.69) is 16.7 Å². The fraction of sp³-hybridized carbons (Fsp3) is 0.407. The second-order valence-electron chi connectivity index (χ2n) is 8.68. The minimum atomic E-state index is -1.03. The van der Waals surface area contributed by atoms with E-state index in [0.29, 0.717) is 12.1 Å². The number of methoxy groups -OCH3 is 1. The van der Waals surface area contributed by atoms with Crippen molar-refractivity contribution < 1.29 is 19.1 Å². The van der Waals surface area contributed by atoms with Gasteiger partial charge in [-0.3, -0.25) is 9.59 Å². The number of rotatable bonds is 9. The molecule has 2 atom stereocenters. The van der Waals surface area contributed by atoms with Crippen LogP contribution in [0.5, 0.6) is 0 Å². The summed E-state index contributed by atoms with van der Waals surface area (Å²) < 4.78 is 4.97. The quantitative estimate of drug-likeness (QED) is 0.440. The lowest BCUT2D eigenvalue weighted by Gasteiger charge is -2.30. The van der Waals surface area contributed by atoms with Crippen molar-refractivity contribution in [3.8, 4) is 6.07 Å². The number of nitriles is 1. The maximum atomic E-state index is 13.4. The fourth-order valence-corrected chi connectivity index (χ4v) is 4.38. The fourth-order valence-electron chi connectivity index (χ4n) is 4.38. The Labute approximate surface area is 200 Å². The molecule has 0 heterocycles. The first-order chi connectivity index (χ1) is 16.5. The zero-order valence-corrected chi connectivity index (χ0v) is 19.5. The molecular weight excluding hydrogens is 430 g/mol. The van der Waals surface area contributed by atoms with E-state index in [1.165, 1.54) is 7.11 Å². The highest BCUT2D eigenvalue weighted by atomic mass is 16.5. The molecule has 178 valence electrons. The Hall–Kier alpha value is -3.66. The molecule has 0 bridgehead atoms. The Morgan fingerprint density at radius 2 is 1.65 bits per heavy atom. The third-order valence-electron chi connectivity index (χ3n) is 6.34. The van der Waals surface area contributed by atoms with Crippen LogP contribution in [0.4, 0.5) is 0 Å². The van der Waals surface area contributed by atoms with E-state index >= 15 is 0 Å².